The molecule has 0 bridgehead atoms. The van der Waals surface area contributed by atoms with E-state index in [0.29, 0.717) is 17.2 Å². The van der Waals surface area contributed by atoms with Gasteiger partial charge in [-0.25, -0.2) is 0 Å². The Bertz CT molecular complexity index is 737. The van der Waals surface area contributed by atoms with Crippen LogP contribution < -0.4 is 11.1 Å². The molecule has 2 unspecified atom stereocenters. The van der Waals surface area contributed by atoms with Crippen LogP contribution in [0.1, 0.15) is 40.7 Å². The fourth-order valence-corrected chi connectivity index (χ4v) is 3.20. The number of nitrogens with one attached hydrogen (secondary N) is 1. The van der Waals surface area contributed by atoms with Gasteiger partial charge in [-0.1, -0.05) is 31.2 Å². The van der Waals surface area contributed by atoms with Gasteiger partial charge in [-0.05, 0) is 48.6 Å². The Kier molecular flexibility index (Phi) is 5.06. The summed E-state index contributed by atoms with van der Waals surface area (Å²) in [7, 11) is 0. The molecule has 3 N–H and O–H groups in total. The van der Waals surface area contributed by atoms with E-state index in [1.54, 1.807) is 12.3 Å². The molecule has 0 saturated carbocycles. The molecular weight excluding hydrogens is 298 g/mol. The number of rotatable bonds is 4. The van der Waals surface area contributed by atoms with Gasteiger partial charge in [0.25, 0.3) is 0 Å². The first-order chi connectivity index (χ1) is 11.7. The first-order valence-electron chi connectivity index (χ1n) is 8.36. The van der Waals surface area contributed by atoms with Crippen molar-refractivity contribution >= 4 is 23.9 Å². The molecule has 24 heavy (non-hydrogen) atoms. The number of aldehydes is 1. The highest BCUT2D eigenvalue weighted by molar-refractivity contribution is 5.95. The summed E-state index contributed by atoms with van der Waals surface area (Å²) >= 11 is 0. The molecule has 1 fully saturated rings. The Balaban J connectivity index is 1.73. The fraction of sp³-hybridized carbons (Fsp3) is 0.300. The Morgan fingerprint density at radius 2 is 1.88 bits per heavy atom. The summed E-state index contributed by atoms with van der Waals surface area (Å²) in [5, 5.41) is 3.49. The van der Waals surface area contributed by atoms with Gasteiger partial charge in [-0.3, -0.25) is 9.79 Å². The van der Waals surface area contributed by atoms with Crippen LogP contribution in [0.2, 0.25) is 0 Å². The zero-order valence-corrected chi connectivity index (χ0v) is 13.9. The average Bonchev–Trinajstić information content (AvgIpc) is 2.61. The zero-order chi connectivity index (χ0) is 16.9. The lowest BCUT2D eigenvalue weighted by Crippen LogP contribution is -2.33. The van der Waals surface area contributed by atoms with Gasteiger partial charge >= 0.3 is 0 Å². The predicted octanol–water partition coefficient (Wildman–Crippen LogP) is 3.54. The number of hydrogen-bond donors (Lipinski definition) is 2. The van der Waals surface area contributed by atoms with Crippen molar-refractivity contribution in [3.8, 4) is 0 Å². The van der Waals surface area contributed by atoms with Crippen molar-refractivity contribution in [1.29, 1.82) is 0 Å². The monoisotopic (exact) mass is 321 g/mol. The molecule has 1 saturated heterocycles. The van der Waals surface area contributed by atoms with Gasteiger partial charge in [0.2, 0.25) is 0 Å². The van der Waals surface area contributed by atoms with Gasteiger partial charge in [0.15, 0.2) is 6.29 Å². The molecule has 0 radical (unpaired) electrons. The minimum Gasteiger partial charge on any atom is -0.398 e. The maximum Gasteiger partial charge on any atom is 0.152 e. The number of hydrogen-bond acceptors (Lipinski definition) is 4. The molecular formula is C20H23N3O. The highest BCUT2D eigenvalue weighted by Gasteiger charge is 2.19. The Hall–Kier alpha value is -2.46. The number of piperidine rings is 1. The van der Waals surface area contributed by atoms with E-state index in [2.05, 4.69) is 29.4 Å². The van der Waals surface area contributed by atoms with Crippen LogP contribution in [0.3, 0.4) is 0 Å². The zero-order valence-electron chi connectivity index (χ0n) is 13.9. The first-order valence-corrected chi connectivity index (χ1v) is 8.36. The van der Waals surface area contributed by atoms with E-state index >= 15 is 0 Å². The molecule has 0 aliphatic carbocycles. The lowest BCUT2D eigenvalue weighted by atomic mass is 9.86. The van der Waals surface area contributed by atoms with E-state index in [-0.39, 0.29) is 0 Å². The number of anilines is 1. The number of carbonyl (C=O) groups is 1. The summed E-state index contributed by atoms with van der Waals surface area (Å²) < 4.78 is 0. The number of benzene rings is 2. The molecule has 2 aromatic carbocycles. The third kappa shape index (κ3) is 3.71. The summed E-state index contributed by atoms with van der Waals surface area (Å²) in [4.78, 5) is 15.4. The molecule has 0 amide bonds. The summed E-state index contributed by atoms with van der Waals surface area (Å²) in [5.74, 6) is 1.29. The van der Waals surface area contributed by atoms with Crippen molar-refractivity contribution in [3.05, 3.63) is 59.2 Å². The molecule has 0 aromatic heterocycles. The maximum atomic E-state index is 10.9. The molecule has 1 heterocycles. The second-order valence-corrected chi connectivity index (χ2v) is 6.51. The molecule has 124 valence electrons. The Labute approximate surface area is 142 Å². The molecule has 1 aliphatic rings. The topological polar surface area (TPSA) is 67.5 Å². The van der Waals surface area contributed by atoms with E-state index < -0.39 is 0 Å². The van der Waals surface area contributed by atoms with E-state index in [1.807, 2.05) is 24.3 Å². The SMILES string of the molecule is CC1CNCC(c2ccc(N=Cc3cccc(C=O)c3N)cc2)C1. The number of nitrogens with two attached hydrogens (primary N) is 1. The van der Waals surface area contributed by atoms with Gasteiger partial charge in [0, 0.05) is 23.9 Å². The van der Waals surface area contributed by atoms with E-state index in [0.717, 1.165) is 36.5 Å². The quantitative estimate of drug-likeness (QED) is 0.514. The number of nitrogen functional groups attached to an aromatic ring is 1. The Morgan fingerprint density at radius 3 is 2.58 bits per heavy atom. The van der Waals surface area contributed by atoms with E-state index in [4.69, 9.17) is 5.73 Å². The van der Waals surface area contributed by atoms with Gasteiger partial charge in [-0.2, -0.15) is 0 Å². The standard InChI is InChI=1S/C20H23N3O/c1-14-9-18(11-22-10-14)15-5-7-19(8-6-15)23-12-16-3-2-4-17(13-24)20(16)21/h2-8,12-14,18,22H,9-11,21H2,1H3. The molecule has 4 nitrogen and oxygen atoms in total. The van der Waals surface area contributed by atoms with Crippen LogP contribution in [0, 0.1) is 5.92 Å². The third-order valence-corrected chi connectivity index (χ3v) is 4.59. The van der Waals surface area contributed by atoms with Crippen molar-refractivity contribution in [2.45, 2.75) is 19.3 Å². The van der Waals surface area contributed by atoms with Crippen LogP contribution in [0.15, 0.2) is 47.5 Å². The number of nitrogens with zero attached hydrogens (tertiary/aromatic N) is 1. The first kappa shape index (κ1) is 16.4. The van der Waals surface area contributed by atoms with Gasteiger partial charge in [0.1, 0.15) is 0 Å². The minimum atomic E-state index is 0.468. The third-order valence-electron chi connectivity index (χ3n) is 4.59. The number of aliphatic imine (C=N–C) groups is 1. The highest BCUT2D eigenvalue weighted by Crippen LogP contribution is 2.27. The van der Waals surface area contributed by atoms with Gasteiger partial charge in [-0.15, -0.1) is 0 Å². The fourth-order valence-electron chi connectivity index (χ4n) is 3.20. The summed E-state index contributed by atoms with van der Waals surface area (Å²) in [6, 6.07) is 13.7. The number of carbonyl (C=O) groups excluding carboxylic acids is 1. The molecule has 1 aliphatic heterocycles. The van der Waals surface area contributed by atoms with Crippen LogP contribution >= 0.6 is 0 Å². The van der Waals surface area contributed by atoms with Crippen molar-refractivity contribution in [1.82, 2.24) is 5.32 Å². The van der Waals surface area contributed by atoms with Crippen molar-refractivity contribution < 1.29 is 4.79 Å². The predicted molar refractivity (Wildman–Crippen MR) is 99.3 cm³/mol. The summed E-state index contributed by atoms with van der Waals surface area (Å²) in [6.07, 6.45) is 3.70. The second kappa shape index (κ2) is 7.41. The lowest BCUT2D eigenvalue weighted by Gasteiger charge is -2.28. The normalized spacial score (nSPS) is 21.0. The van der Waals surface area contributed by atoms with Crippen LogP contribution in [0.5, 0.6) is 0 Å². The maximum absolute atomic E-state index is 10.9. The largest absolute Gasteiger partial charge is 0.398 e. The molecule has 4 heteroatoms. The van der Waals surface area contributed by atoms with Crippen LogP contribution in [-0.4, -0.2) is 25.6 Å². The summed E-state index contributed by atoms with van der Waals surface area (Å²) in [6.45, 7) is 4.44. The molecule has 0 spiro atoms. The smallest absolute Gasteiger partial charge is 0.152 e. The lowest BCUT2D eigenvalue weighted by molar-refractivity contribution is 0.112. The van der Waals surface area contributed by atoms with Crippen LogP contribution in [0.25, 0.3) is 0 Å². The van der Waals surface area contributed by atoms with Crippen LogP contribution in [-0.2, 0) is 0 Å². The van der Waals surface area contributed by atoms with Crippen molar-refractivity contribution in [2.75, 3.05) is 18.8 Å². The van der Waals surface area contributed by atoms with Crippen molar-refractivity contribution in [2.24, 2.45) is 10.9 Å². The second-order valence-electron chi connectivity index (χ2n) is 6.51. The average molecular weight is 321 g/mol. The van der Waals surface area contributed by atoms with Crippen LogP contribution in [0.4, 0.5) is 11.4 Å². The molecule has 2 aromatic rings. The minimum absolute atomic E-state index is 0.468. The molecule has 2 atom stereocenters. The highest BCUT2D eigenvalue weighted by atomic mass is 16.1. The molecule has 3 rings (SSSR count). The van der Waals surface area contributed by atoms with Crippen molar-refractivity contribution in [3.63, 3.8) is 0 Å². The summed E-state index contributed by atoms with van der Waals surface area (Å²) in [5.41, 5.74) is 9.92. The van der Waals surface area contributed by atoms with E-state index in [9.17, 15) is 4.79 Å². The van der Waals surface area contributed by atoms with E-state index in [1.165, 1.54) is 12.0 Å². The Morgan fingerprint density at radius 1 is 1.12 bits per heavy atom. The number of para-hydroxylation sites is 1. The van der Waals surface area contributed by atoms with Gasteiger partial charge in [0.05, 0.1) is 11.4 Å². The van der Waals surface area contributed by atoms with Gasteiger partial charge < -0.3 is 11.1 Å².